The van der Waals surface area contributed by atoms with E-state index in [1.165, 1.54) is 11.2 Å². The molecule has 0 spiro atoms. The minimum atomic E-state index is -0.918. The Morgan fingerprint density at radius 2 is 1.78 bits per heavy atom. The van der Waals surface area contributed by atoms with Crippen LogP contribution in [0.3, 0.4) is 0 Å². The van der Waals surface area contributed by atoms with Crippen molar-refractivity contribution in [3.05, 3.63) is 83.3 Å². The molecule has 1 amide bonds. The fraction of sp³-hybridized carbons (Fsp3) is 0.200. The molecular formula is C25H21NO6. The third-order valence-corrected chi connectivity index (χ3v) is 5.70. The van der Waals surface area contributed by atoms with Crippen molar-refractivity contribution in [1.29, 1.82) is 0 Å². The van der Waals surface area contributed by atoms with E-state index in [0.29, 0.717) is 41.7 Å². The van der Waals surface area contributed by atoms with Crippen molar-refractivity contribution in [3.63, 3.8) is 0 Å². The van der Waals surface area contributed by atoms with Crippen molar-refractivity contribution < 1.29 is 28.6 Å². The van der Waals surface area contributed by atoms with Gasteiger partial charge in [0.15, 0.2) is 11.5 Å². The summed E-state index contributed by atoms with van der Waals surface area (Å²) in [6.07, 6.45) is 2.32. The number of Topliss-reactive ketones (excluding diaryl/α,β-unsaturated/α-hetero) is 1. The standard InChI is InChI=1S/C25H21NO6/c1-2-15-5-7-16(8-6-15)23(27)21-22(19-4-3-11-30-19)26(25(29)24(21)28)17-9-10-18-20(14-17)32-13-12-31-18/h3-11,14,22,27H,2,12-13H2,1H3/b23-21-. The zero-order valence-electron chi connectivity index (χ0n) is 17.4. The Labute approximate surface area is 184 Å². The van der Waals surface area contributed by atoms with Gasteiger partial charge in [0, 0.05) is 17.3 Å². The number of aliphatic hydroxyl groups is 1. The van der Waals surface area contributed by atoms with Crippen LogP contribution in [0.15, 0.2) is 70.9 Å². The topological polar surface area (TPSA) is 89.2 Å². The van der Waals surface area contributed by atoms with Crippen LogP contribution in [0.1, 0.15) is 29.9 Å². The summed E-state index contributed by atoms with van der Waals surface area (Å²) in [6.45, 7) is 2.87. The fourth-order valence-electron chi connectivity index (χ4n) is 4.05. The first-order valence-electron chi connectivity index (χ1n) is 10.4. The summed E-state index contributed by atoms with van der Waals surface area (Å²) in [5.41, 5.74) is 1.97. The molecule has 7 heteroatoms. The van der Waals surface area contributed by atoms with Crippen LogP contribution in [0.4, 0.5) is 5.69 Å². The number of hydrogen-bond acceptors (Lipinski definition) is 6. The van der Waals surface area contributed by atoms with Crippen LogP contribution in [0, 0.1) is 0 Å². The molecule has 0 bridgehead atoms. The van der Waals surface area contributed by atoms with E-state index in [-0.39, 0.29) is 11.3 Å². The van der Waals surface area contributed by atoms with Crippen molar-refractivity contribution in [3.8, 4) is 11.5 Å². The second kappa shape index (κ2) is 7.92. The van der Waals surface area contributed by atoms with Gasteiger partial charge in [0.2, 0.25) is 0 Å². The molecule has 0 aliphatic carbocycles. The average molecular weight is 431 g/mol. The number of ketones is 1. The summed E-state index contributed by atoms with van der Waals surface area (Å²) in [6, 6.07) is 14.7. The number of hydrogen-bond donors (Lipinski definition) is 1. The molecule has 2 aliphatic rings. The molecule has 0 saturated carbocycles. The number of fused-ring (bicyclic) bond motifs is 1. The zero-order valence-corrected chi connectivity index (χ0v) is 17.4. The van der Waals surface area contributed by atoms with Gasteiger partial charge in [0.25, 0.3) is 11.7 Å². The molecule has 1 unspecified atom stereocenters. The lowest BCUT2D eigenvalue weighted by molar-refractivity contribution is -0.132. The van der Waals surface area contributed by atoms with Gasteiger partial charge in [-0.3, -0.25) is 14.5 Å². The van der Waals surface area contributed by atoms with E-state index in [2.05, 4.69) is 0 Å². The van der Waals surface area contributed by atoms with E-state index >= 15 is 0 Å². The molecular weight excluding hydrogens is 410 g/mol. The van der Waals surface area contributed by atoms with Crippen molar-refractivity contribution in [1.82, 2.24) is 0 Å². The number of amides is 1. The number of ether oxygens (including phenoxy) is 2. The maximum Gasteiger partial charge on any atom is 0.300 e. The summed E-state index contributed by atoms with van der Waals surface area (Å²) < 4.78 is 16.8. The molecule has 32 heavy (non-hydrogen) atoms. The molecule has 2 aromatic carbocycles. The Balaban J connectivity index is 1.65. The number of aliphatic hydroxyl groups excluding tert-OH is 1. The molecule has 7 nitrogen and oxygen atoms in total. The molecule has 1 saturated heterocycles. The second-order valence-corrected chi connectivity index (χ2v) is 7.56. The third kappa shape index (κ3) is 3.22. The minimum absolute atomic E-state index is 0.0240. The van der Waals surface area contributed by atoms with Crippen molar-refractivity contribution in [2.24, 2.45) is 0 Å². The van der Waals surface area contributed by atoms with Crippen LogP contribution in [0.5, 0.6) is 11.5 Å². The van der Waals surface area contributed by atoms with Crippen LogP contribution >= 0.6 is 0 Å². The van der Waals surface area contributed by atoms with Crippen LogP contribution in [0.25, 0.3) is 5.76 Å². The van der Waals surface area contributed by atoms with Crippen LogP contribution in [-0.4, -0.2) is 30.0 Å². The van der Waals surface area contributed by atoms with Gasteiger partial charge < -0.3 is 19.0 Å². The number of aryl methyl sites for hydroxylation is 1. The Hall–Kier alpha value is -4.00. The number of anilines is 1. The lowest BCUT2D eigenvalue weighted by Crippen LogP contribution is -2.29. The summed E-state index contributed by atoms with van der Waals surface area (Å²) in [5, 5.41) is 11.1. The number of carbonyl (C=O) groups excluding carboxylic acids is 2. The Kier molecular flexibility index (Phi) is 4.93. The van der Waals surface area contributed by atoms with E-state index in [1.54, 1.807) is 42.5 Å². The number of rotatable bonds is 4. The largest absolute Gasteiger partial charge is 0.507 e. The monoisotopic (exact) mass is 431 g/mol. The smallest absolute Gasteiger partial charge is 0.300 e. The van der Waals surface area contributed by atoms with E-state index in [0.717, 1.165) is 12.0 Å². The summed E-state index contributed by atoms with van der Waals surface area (Å²) in [5.74, 6) is -0.349. The molecule has 1 fully saturated rings. The van der Waals surface area contributed by atoms with Gasteiger partial charge in [0.05, 0.1) is 11.8 Å². The lowest BCUT2D eigenvalue weighted by atomic mass is 9.98. The van der Waals surface area contributed by atoms with Crippen molar-refractivity contribution >= 4 is 23.1 Å². The Morgan fingerprint density at radius 1 is 1.03 bits per heavy atom. The van der Waals surface area contributed by atoms with Gasteiger partial charge in [-0.1, -0.05) is 31.2 Å². The van der Waals surface area contributed by atoms with Gasteiger partial charge in [-0.25, -0.2) is 0 Å². The minimum Gasteiger partial charge on any atom is -0.507 e. The fourth-order valence-corrected chi connectivity index (χ4v) is 4.05. The van der Waals surface area contributed by atoms with Crippen LogP contribution in [0.2, 0.25) is 0 Å². The van der Waals surface area contributed by atoms with Crippen LogP contribution in [-0.2, 0) is 16.0 Å². The summed E-state index contributed by atoms with van der Waals surface area (Å²) in [4.78, 5) is 27.6. The molecule has 162 valence electrons. The first-order chi connectivity index (χ1) is 15.6. The normalized spacial score (nSPS) is 19.4. The predicted octanol–water partition coefficient (Wildman–Crippen LogP) is 4.24. The van der Waals surface area contributed by atoms with E-state index in [9.17, 15) is 14.7 Å². The number of furan rings is 1. The summed E-state index contributed by atoms with van der Waals surface area (Å²) >= 11 is 0. The number of carbonyl (C=O) groups is 2. The SMILES string of the molecule is CCc1ccc(/C(O)=C2/C(=O)C(=O)N(c3ccc4c(c3)OCCO4)C2c2ccco2)cc1. The molecule has 1 atom stereocenters. The number of benzene rings is 2. The Morgan fingerprint density at radius 3 is 2.47 bits per heavy atom. The Bertz CT molecular complexity index is 1210. The molecule has 0 radical (unpaired) electrons. The second-order valence-electron chi connectivity index (χ2n) is 7.56. The predicted molar refractivity (Wildman–Crippen MR) is 117 cm³/mol. The third-order valence-electron chi connectivity index (χ3n) is 5.70. The molecule has 2 aliphatic heterocycles. The van der Waals surface area contributed by atoms with Gasteiger partial charge in [0.1, 0.15) is 30.8 Å². The summed E-state index contributed by atoms with van der Waals surface area (Å²) in [7, 11) is 0. The highest BCUT2D eigenvalue weighted by Crippen LogP contribution is 2.44. The van der Waals surface area contributed by atoms with Gasteiger partial charge in [-0.2, -0.15) is 0 Å². The van der Waals surface area contributed by atoms with Crippen molar-refractivity contribution in [2.45, 2.75) is 19.4 Å². The molecule has 3 aromatic rings. The average Bonchev–Trinajstić information content (AvgIpc) is 3.45. The highest BCUT2D eigenvalue weighted by molar-refractivity contribution is 6.51. The molecule has 5 rings (SSSR count). The van der Waals surface area contributed by atoms with Gasteiger partial charge >= 0.3 is 0 Å². The van der Waals surface area contributed by atoms with E-state index < -0.39 is 17.7 Å². The van der Waals surface area contributed by atoms with Crippen LogP contribution < -0.4 is 14.4 Å². The molecule has 3 heterocycles. The molecule has 1 N–H and O–H groups in total. The van der Waals surface area contributed by atoms with E-state index in [1.807, 2.05) is 19.1 Å². The first kappa shape index (κ1) is 19.9. The molecule has 1 aromatic heterocycles. The number of nitrogens with zero attached hydrogens (tertiary/aromatic N) is 1. The zero-order chi connectivity index (χ0) is 22.2. The first-order valence-corrected chi connectivity index (χ1v) is 10.4. The van der Waals surface area contributed by atoms with Gasteiger partial charge in [-0.05, 0) is 36.2 Å². The van der Waals surface area contributed by atoms with E-state index in [4.69, 9.17) is 13.9 Å². The lowest BCUT2D eigenvalue weighted by Gasteiger charge is -2.25. The highest BCUT2D eigenvalue weighted by Gasteiger charge is 2.48. The van der Waals surface area contributed by atoms with Crippen molar-refractivity contribution in [2.75, 3.05) is 18.1 Å². The maximum absolute atomic E-state index is 13.1. The maximum atomic E-state index is 13.1. The van der Waals surface area contributed by atoms with Gasteiger partial charge in [-0.15, -0.1) is 0 Å². The quantitative estimate of drug-likeness (QED) is 0.378. The highest BCUT2D eigenvalue weighted by atomic mass is 16.6.